The fraction of sp³-hybridized carbons (Fsp3) is 0.385. The van der Waals surface area contributed by atoms with Gasteiger partial charge in [0.05, 0.1) is 19.8 Å². The molecule has 0 saturated carbocycles. The number of benzene rings is 1. The van der Waals surface area contributed by atoms with Gasteiger partial charge in [-0.1, -0.05) is 5.16 Å². The molecule has 1 aliphatic rings. The summed E-state index contributed by atoms with van der Waals surface area (Å²) < 4.78 is 10.3. The van der Waals surface area contributed by atoms with Gasteiger partial charge in [-0.15, -0.1) is 0 Å². The molecular weight excluding hydrogens is 246 g/mol. The van der Waals surface area contributed by atoms with Crippen molar-refractivity contribution in [3.63, 3.8) is 0 Å². The Kier molecular flexibility index (Phi) is 3.18. The average molecular weight is 261 g/mol. The smallest absolute Gasteiger partial charge is 0.241 e. The third kappa shape index (κ3) is 2.59. The van der Waals surface area contributed by atoms with Gasteiger partial charge in [0.2, 0.25) is 11.7 Å². The first-order valence-corrected chi connectivity index (χ1v) is 6.12. The lowest BCUT2D eigenvalue weighted by molar-refractivity contribution is -0.00806. The lowest BCUT2D eigenvalue weighted by Gasteiger charge is -2.34. The summed E-state index contributed by atoms with van der Waals surface area (Å²) >= 11 is 0. The molecule has 2 aromatic rings. The zero-order valence-electron chi connectivity index (χ0n) is 10.6. The standard InChI is InChI=1S/C13H15N3O3/c1-18-11-4-2-9(3-5-11)13-14-12(19-15-13)8-16-6-10(17)7-16/h2-5,10,17H,6-8H2,1H3. The minimum atomic E-state index is -0.219. The molecule has 6 heteroatoms. The Balaban J connectivity index is 1.69. The van der Waals surface area contributed by atoms with Crippen LogP contribution in [-0.4, -0.2) is 46.5 Å². The van der Waals surface area contributed by atoms with Crippen LogP contribution in [0.2, 0.25) is 0 Å². The number of aromatic nitrogens is 2. The fourth-order valence-electron chi connectivity index (χ4n) is 2.04. The van der Waals surface area contributed by atoms with Crippen LogP contribution in [0.4, 0.5) is 0 Å². The highest BCUT2D eigenvalue weighted by molar-refractivity contribution is 5.55. The van der Waals surface area contributed by atoms with Crippen LogP contribution in [0.25, 0.3) is 11.4 Å². The molecule has 0 unspecified atom stereocenters. The molecule has 2 heterocycles. The fourth-order valence-corrected chi connectivity index (χ4v) is 2.04. The zero-order valence-corrected chi connectivity index (χ0v) is 10.6. The quantitative estimate of drug-likeness (QED) is 0.882. The normalized spacial score (nSPS) is 16.3. The topological polar surface area (TPSA) is 71.6 Å². The summed E-state index contributed by atoms with van der Waals surface area (Å²) in [5.74, 6) is 1.93. The van der Waals surface area contributed by atoms with E-state index in [0.717, 1.165) is 11.3 Å². The second-order valence-corrected chi connectivity index (χ2v) is 4.59. The Labute approximate surface area is 110 Å². The molecular formula is C13H15N3O3. The Hall–Kier alpha value is -1.92. The lowest BCUT2D eigenvalue weighted by atomic mass is 10.2. The van der Waals surface area contributed by atoms with Crippen molar-refractivity contribution in [3.05, 3.63) is 30.2 Å². The third-order valence-electron chi connectivity index (χ3n) is 3.11. The average Bonchev–Trinajstić information content (AvgIpc) is 2.86. The zero-order chi connectivity index (χ0) is 13.2. The SMILES string of the molecule is COc1ccc(-c2noc(CN3CC(O)C3)n2)cc1. The predicted molar refractivity (Wildman–Crippen MR) is 67.6 cm³/mol. The highest BCUT2D eigenvalue weighted by Gasteiger charge is 2.25. The van der Waals surface area contributed by atoms with E-state index in [-0.39, 0.29) is 6.10 Å². The minimum absolute atomic E-state index is 0.219. The van der Waals surface area contributed by atoms with Gasteiger partial charge in [-0.25, -0.2) is 0 Å². The lowest BCUT2D eigenvalue weighted by Crippen LogP contribution is -2.49. The number of rotatable bonds is 4. The molecule has 1 aliphatic heterocycles. The second kappa shape index (κ2) is 4.99. The van der Waals surface area contributed by atoms with E-state index >= 15 is 0 Å². The minimum Gasteiger partial charge on any atom is -0.497 e. The first kappa shape index (κ1) is 12.1. The van der Waals surface area contributed by atoms with Crippen LogP contribution >= 0.6 is 0 Å². The van der Waals surface area contributed by atoms with Gasteiger partial charge in [0.15, 0.2) is 0 Å². The predicted octanol–water partition coefficient (Wildman–Crippen LogP) is 0.922. The van der Waals surface area contributed by atoms with E-state index < -0.39 is 0 Å². The van der Waals surface area contributed by atoms with Crippen LogP contribution < -0.4 is 4.74 Å². The molecule has 3 rings (SSSR count). The van der Waals surface area contributed by atoms with E-state index in [4.69, 9.17) is 9.26 Å². The van der Waals surface area contributed by atoms with E-state index in [2.05, 4.69) is 15.0 Å². The van der Waals surface area contributed by atoms with Crippen molar-refractivity contribution in [1.82, 2.24) is 15.0 Å². The van der Waals surface area contributed by atoms with Crippen molar-refractivity contribution in [2.45, 2.75) is 12.6 Å². The molecule has 19 heavy (non-hydrogen) atoms. The van der Waals surface area contributed by atoms with Gasteiger partial charge in [0.25, 0.3) is 0 Å². The molecule has 0 radical (unpaired) electrons. The highest BCUT2D eigenvalue weighted by Crippen LogP contribution is 2.20. The molecule has 1 N–H and O–H groups in total. The Bertz CT molecular complexity index is 547. The first-order valence-electron chi connectivity index (χ1n) is 6.12. The maximum Gasteiger partial charge on any atom is 0.241 e. The van der Waals surface area contributed by atoms with Crippen LogP contribution in [0, 0.1) is 0 Å². The van der Waals surface area contributed by atoms with Gasteiger partial charge in [0.1, 0.15) is 5.75 Å². The van der Waals surface area contributed by atoms with Crippen LogP contribution in [0.3, 0.4) is 0 Å². The molecule has 6 nitrogen and oxygen atoms in total. The van der Waals surface area contributed by atoms with Gasteiger partial charge in [-0.05, 0) is 24.3 Å². The van der Waals surface area contributed by atoms with Crippen LogP contribution in [0.1, 0.15) is 5.89 Å². The Morgan fingerprint density at radius 3 is 2.74 bits per heavy atom. The highest BCUT2D eigenvalue weighted by atomic mass is 16.5. The molecule has 0 spiro atoms. The maximum absolute atomic E-state index is 9.21. The van der Waals surface area contributed by atoms with Crippen LogP contribution in [0.15, 0.2) is 28.8 Å². The number of β-amino-alcohol motifs (C(OH)–C–C–N with tert-alkyl or cyclic N) is 1. The van der Waals surface area contributed by atoms with Gasteiger partial charge in [-0.3, -0.25) is 4.90 Å². The van der Waals surface area contributed by atoms with Crippen molar-refractivity contribution in [2.24, 2.45) is 0 Å². The number of nitrogens with zero attached hydrogens (tertiary/aromatic N) is 3. The Morgan fingerprint density at radius 1 is 1.37 bits per heavy atom. The number of hydrogen-bond donors (Lipinski definition) is 1. The van der Waals surface area contributed by atoms with Gasteiger partial charge < -0.3 is 14.4 Å². The summed E-state index contributed by atoms with van der Waals surface area (Å²) in [5.41, 5.74) is 0.888. The van der Waals surface area contributed by atoms with Gasteiger partial charge in [0, 0.05) is 18.7 Å². The van der Waals surface area contributed by atoms with Crippen LogP contribution in [-0.2, 0) is 6.54 Å². The van der Waals surface area contributed by atoms with Crippen molar-refractivity contribution in [3.8, 4) is 17.1 Å². The van der Waals surface area contributed by atoms with Crippen molar-refractivity contribution in [1.29, 1.82) is 0 Å². The second-order valence-electron chi connectivity index (χ2n) is 4.59. The number of aliphatic hydroxyl groups excluding tert-OH is 1. The molecule has 0 bridgehead atoms. The summed E-state index contributed by atoms with van der Waals surface area (Å²) in [4.78, 5) is 6.39. The van der Waals surface area contributed by atoms with E-state index in [0.29, 0.717) is 31.3 Å². The summed E-state index contributed by atoms with van der Waals surface area (Å²) in [7, 11) is 1.63. The van der Waals surface area contributed by atoms with Crippen molar-refractivity contribution >= 4 is 0 Å². The van der Waals surface area contributed by atoms with E-state index in [1.165, 1.54) is 0 Å². The summed E-state index contributed by atoms with van der Waals surface area (Å²) in [6, 6.07) is 7.50. The number of methoxy groups -OCH3 is 1. The van der Waals surface area contributed by atoms with E-state index in [9.17, 15) is 5.11 Å². The molecule has 0 atom stereocenters. The Morgan fingerprint density at radius 2 is 2.11 bits per heavy atom. The van der Waals surface area contributed by atoms with Crippen LogP contribution in [0.5, 0.6) is 5.75 Å². The van der Waals surface area contributed by atoms with Gasteiger partial charge >= 0.3 is 0 Å². The number of aliphatic hydroxyl groups is 1. The monoisotopic (exact) mass is 261 g/mol. The van der Waals surface area contributed by atoms with Crippen molar-refractivity contribution in [2.75, 3.05) is 20.2 Å². The number of likely N-dealkylation sites (tertiary alicyclic amines) is 1. The van der Waals surface area contributed by atoms with E-state index in [1.54, 1.807) is 7.11 Å². The molecule has 100 valence electrons. The molecule has 1 aromatic heterocycles. The van der Waals surface area contributed by atoms with Crippen molar-refractivity contribution < 1.29 is 14.4 Å². The third-order valence-corrected chi connectivity index (χ3v) is 3.11. The first-order chi connectivity index (χ1) is 9.24. The van der Waals surface area contributed by atoms with E-state index in [1.807, 2.05) is 24.3 Å². The summed E-state index contributed by atoms with van der Waals surface area (Å²) in [5, 5.41) is 13.2. The largest absolute Gasteiger partial charge is 0.497 e. The summed E-state index contributed by atoms with van der Waals surface area (Å²) in [6.45, 7) is 1.92. The number of hydrogen-bond acceptors (Lipinski definition) is 6. The molecule has 0 aliphatic carbocycles. The molecule has 1 aromatic carbocycles. The molecule has 1 saturated heterocycles. The maximum atomic E-state index is 9.21. The molecule has 0 amide bonds. The number of ether oxygens (including phenoxy) is 1. The summed E-state index contributed by atoms with van der Waals surface area (Å²) in [6.07, 6.45) is -0.219. The van der Waals surface area contributed by atoms with Gasteiger partial charge in [-0.2, -0.15) is 4.98 Å². The molecule has 1 fully saturated rings.